The van der Waals surface area contributed by atoms with Gasteiger partial charge in [-0.2, -0.15) is 10.2 Å². The summed E-state index contributed by atoms with van der Waals surface area (Å²) in [5.74, 6) is 0. The molecule has 0 saturated carbocycles. The van der Waals surface area contributed by atoms with E-state index < -0.39 is 0 Å². The summed E-state index contributed by atoms with van der Waals surface area (Å²) in [5, 5.41) is 8.63. The van der Waals surface area contributed by atoms with Gasteiger partial charge in [0, 0.05) is 17.3 Å². The Bertz CT molecular complexity index is 1330. The van der Waals surface area contributed by atoms with Gasteiger partial charge in [-0.15, -0.1) is 12.6 Å². The molecule has 0 saturated heterocycles. The minimum atomic E-state index is 0.776. The van der Waals surface area contributed by atoms with Crippen LogP contribution in [0.4, 0.5) is 11.4 Å². The number of thiol groups is 1. The van der Waals surface area contributed by atoms with Crippen LogP contribution >= 0.6 is 12.6 Å². The molecule has 0 aliphatic heterocycles. The number of pyridine rings is 3. The highest BCUT2D eigenvalue weighted by Crippen LogP contribution is 2.30. The first-order valence-electron chi connectivity index (χ1n) is 10.4. The third-order valence-corrected chi connectivity index (χ3v) is 5.31. The van der Waals surface area contributed by atoms with Crippen LogP contribution in [0.3, 0.4) is 0 Å². The van der Waals surface area contributed by atoms with Gasteiger partial charge < -0.3 is 0 Å². The van der Waals surface area contributed by atoms with Crippen LogP contribution < -0.4 is 0 Å². The van der Waals surface area contributed by atoms with Crippen molar-refractivity contribution in [3.8, 4) is 33.9 Å². The zero-order valence-corrected chi connectivity index (χ0v) is 18.5. The first kappa shape index (κ1) is 20.7. The summed E-state index contributed by atoms with van der Waals surface area (Å²) in [5.41, 5.74) is 6.85. The second-order valence-electron chi connectivity index (χ2n) is 7.32. The predicted molar refractivity (Wildman–Crippen MR) is 134 cm³/mol. The molecule has 0 spiro atoms. The average Bonchev–Trinajstić information content (AvgIpc) is 2.89. The SMILES string of the molecule is Sc1ccc(N=Nc2ccc(-c3cc(-c4ccccn4)nc(-c4ccccn4)c3)cc2)cc1. The van der Waals surface area contributed by atoms with Crippen LogP contribution in [0.25, 0.3) is 33.9 Å². The molecule has 158 valence electrons. The highest BCUT2D eigenvalue weighted by Gasteiger charge is 2.10. The number of benzene rings is 2. The summed E-state index contributed by atoms with van der Waals surface area (Å²) < 4.78 is 0. The molecule has 0 radical (unpaired) electrons. The van der Waals surface area contributed by atoms with E-state index in [1.807, 2.05) is 97.1 Å². The molecule has 6 heteroatoms. The van der Waals surface area contributed by atoms with Crippen molar-refractivity contribution in [3.05, 3.63) is 109 Å². The molecule has 5 aromatic rings. The van der Waals surface area contributed by atoms with E-state index in [4.69, 9.17) is 4.98 Å². The van der Waals surface area contributed by atoms with Crippen molar-refractivity contribution in [1.29, 1.82) is 0 Å². The molecular formula is C27H19N5S. The van der Waals surface area contributed by atoms with Crippen LogP contribution in [0.2, 0.25) is 0 Å². The highest BCUT2D eigenvalue weighted by atomic mass is 32.1. The fraction of sp³-hybridized carbons (Fsp3) is 0. The van der Waals surface area contributed by atoms with Gasteiger partial charge >= 0.3 is 0 Å². The van der Waals surface area contributed by atoms with Gasteiger partial charge in [-0.25, -0.2) is 4.98 Å². The summed E-state index contributed by atoms with van der Waals surface area (Å²) >= 11 is 4.29. The fourth-order valence-corrected chi connectivity index (χ4v) is 3.49. The first-order valence-corrected chi connectivity index (χ1v) is 10.9. The number of nitrogens with zero attached hydrogens (tertiary/aromatic N) is 5. The van der Waals surface area contributed by atoms with E-state index in [1.54, 1.807) is 12.4 Å². The molecule has 2 aromatic carbocycles. The third kappa shape index (κ3) is 5.02. The molecule has 33 heavy (non-hydrogen) atoms. The van der Waals surface area contributed by atoms with Gasteiger partial charge in [0.1, 0.15) is 0 Å². The maximum atomic E-state index is 4.82. The van der Waals surface area contributed by atoms with Crippen LogP contribution in [0, 0.1) is 0 Å². The van der Waals surface area contributed by atoms with Crippen molar-refractivity contribution >= 4 is 24.0 Å². The van der Waals surface area contributed by atoms with Crippen LogP contribution in [-0.2, 0) is 0 Å². The largest absolute Gasteiger partial charge is 0.255 e. The van der Waals surface area contributed by atoms with E-state index >= 15 is 0 Å². The quantitative estimate of drug-likeness (QED) is 0.224. The molecule has 0 amide bonds. The molecule has 0 bridgehead atoms. The van der Waals surface area contributed by atoms with Crippen LogP contribution in [0.5, 0.6) is 0 Å². The molecule has 5 nitrogen and oxygen atoms in total. The zero-order valence-electron chi connectivity index (χ0n) is 17.6. The smallest absolute Gasteiger partial charge is 0.0900 e. The lowest BCUT2D eigenvalue weighted by molar-refractivity contribution is 1.22. The molecule has 0 aliphatic rings. The molecule has 0 aliphatic carbocycles. The second kappa shape index (κ2) is 9.54. The summed E-state index contributed by atoms with van der Waals surface area (Å²) in [4.78, 5) is 14.7. The van der Waals surface area contributed by atoms with Gasteiger partial charge in [0.05, 0.1) is 34.2 Å². The van der Waals surface area contributed by atoms with Crippen molar-refractivity contribution in [2.24, 2.45) is 10.2 Å². The van der Waals surface area contributed by atoms with Gasteiger partial charge in [-0.3, -0.25) is 9.97 Å². The highest BCUT2D eigenvalue weighted by molar-refractivity contribution is 7.80. The Balaban J connectivity index is 1.49. The van der Waals surface area contributed by atoms with Crippen molar-refractivity contribution in [2.45, 2.75) is 4.90 Å². The Morgan fingerprint density at radius 1 is 0.515 bits per heavy atom. The van der Waals surface area contributed by atoms with Gasteiger partial charge in [-0.05, 0) is 83.9 Å². The first-order chi connectivity index (χ1) is 16.2. The molecule has 0 fully saturated rings. The van der Waals surface area contributed by atoms with Crippen molar-refractivity contribution in [1.82, 2.24) is 15.0 Å². The lowest BCUT2D eigenvalue weighted by atomic mass is 10.0. The Morgan fingerprint density at radius 3 is 1.52 bits per heavy atom. The lowest BCUT2D eigenvalue weighted by Crippen LogP contribution is -1.93. The minimum absolute atomic E-state index is 0.776. The van der Waals surface area contributed by atoms with Crippen LogP contribution in [-0.4, -0.2) is 15.0 Å². The number of azo groups is 1. The Kier molecular flexibility index (Phi) is 5.99. The third-order valence-electron chi connectivity index (χ3n) is 5.01. The molecule has 3 aromatic heterocycles. The van der Waals surface area contributed by atoms with Gasteiger partial charge in [0.15, 0.2) is 0 Å². The summed E-state index contributed by atoms with van der Waals surface area (Å²) in [6, 6.07) is 31.2. The van der Waals surface area contributed by atoms with E-state index in [1.165, 1.54) is 0 Å². The monoisotopic (exact) mass is 445 g/mol. The molecule has 0 atom stereocenters. The Labute approximate surface area is 197 Å². The van der Waals surface area contributed by atoms with Crippen LogP contribution in [0.15, 0.2) is 125 Å². The normalized spacial score (nSPS) is 11.1. The number of hydrogen-bond acceptors (Lipinski definition) is 6. The van der Waals surface area contributed by atoms with Gasteiger partial charge in [-0.1, -0.05) is 24.3 Å². The molecule has 0 unspecified atom stereocenters. The number of hydrogen-bond donors (Lipinski definition) is 1. The standard InChI is InChI=1S/C27H19N5S/c33-23-13-11-22(12-14-23)32-31-21-9-7-19(8-10-21)20-17-26(24-5-1-3-15-28-24)30-27(18-20)25-6-2-4-16-29-25/h1-18,33H. The lowest BCUT2D eigenvalue weighted by Gasteiger charge is -2.09. The van der Waals surface area contributed by atoms with E-state index in [9.17, 15) is 0 Å². The Morgan fingerprint density at radius 2 is 1.03 bits per heavy atom. The second-order valence-corrected chi connectivity index (χ2v) is 7.84. The van der Waals surface area contributed by atoms with Crippen molar-refractivity contribution in [2.75, 3.05) is 0 Å². The fourth-order valence-electron chi connectivity index (χ4n) is 3.34. The van der Waals surface area contributed by atoms with Crippen molar-refractivity contribution < 1.29 is 0 Å². The zero-order chi connectivity index (χ0) is 22.5. The number of aromatic nitrogens is 3. The topological polar surface area (TPSA) is 63.4 Å². The van der Waals surface area contributed by atoms with Gasteiger partial charge in [0.25, 0.3) is 0 Å². The Hall–Kier alpha value is -4.16. The molecule has 3 heterocycles. The van der Waals surface area contributed by atoms with Crippen molar-refractivity contribution in [3.63, 3.8) is 0 Å². The van der Waals surface area contributed by atoms with Gasteiger partial charge in [0.2, 0.25) is 0 Å². The maximum absolute atomic E-state index is 4.82. The summed E-state index contributed by atoms with van der Waals surface area (Å²) in [6.07, 6.45) is 3.54. The van der Waals surface area contributed by atoms with E-state index in [0.29, 0.717) is 0 Å². The predicted octanol–water partition coefficient (Wildman–Crippen LogP) is 7.58. The molecular weight excluding hydrogens is 426 g/mol. The van der Waals surface area contributed by atoms with E-state index in [-0.39, 0.29) is 0 Å². The van der Waals surface area contributed by atoms with Crippen LogP contribution in [0.1, 0.15) is 0 Å². The maximum Gasteiger partial charge on any atom is 0.0900 e. The minimum Gasteiger partial charge on any atom is -0.255 e. The summed E-state index contributed by atoms with van der Waals surface area (Å²) in [6.45, 7) is 0. The van der Waals surface area contributed by atoms with E-state index in [2.05, 4.69) is 32.8 Å². The van der Waals surface area contributed by atoms with E-state index in [0.717, 1.165) is 50.2 Å². The number of rotatable bonds is 5. The average molecular weight is 446 g/mol. The molecule has 0 N–H and O–H groups in total. The molecule has 5 rings (SSSR count). The summed E-state index contributed by atoms with van der Waals surface area (Å²) in [7, 11) is 0.